The zero-order chi connectivity index (χ0) is 23.9. The van der Waals surface area contributed by atoms with Crippen LogP contribution in [0.5, 0.6) is 0 Å². The monoisotopic (exact) mass is 463 g/mol. The van der Waals surface area contributed by atoms with Gasteiger partial charge in [-0.05, 0) is 32.0 Å². The van der Waals surface area contributed by atoms with Gasteiger partial charge in [0.25, 0.3) is 11.8 Å². The van der Waals surface area contributed by atoms with Crippen LogP contribution in [0.1, 0.15) is 34.6 Å². The van der Waals surface area contributed by atoms with E-state index in [2.05, 4.69) is 10.6 Å². The lowest BCUT2D eigenvalue weighted by Crippen LogP contribution is -2.52. The summed E-state index contributed by atoms with van der Waals surface area (Å²) in [5.74, 6) is -1.19. The van der Waals surface area contributed by atoms with E-state index in [1.165, 1.54) is 0 Å². The van der Waals surface area contributed by atoms with E-state index in [0.29, 0.717) is 11.1 Å². The number of ether oxygens (including phenoxy) is 3. The van der Waals surface area contributed by atoms with Gasteiger partial charge in [0.2, 0.25) is 0 Å². The van der Waals surface area contributed by atoms with Crippen molar-refractivity contribution >= 4 is 22.7 Å². The smallest absolute Gasteiger partial charge is 0.253 e. The second-order valence-electron chi connectivity index (χ2n) is 9.38. The Morgan fingerprint density at radius 3 is 2.56 bits per heavy atom. The molecule has 0 bridgehead atoms. The zero-order valence-corrected chi connectivity index (χ0v) is 19.5. The number of aromatic nitrogens is 1. The van der Waals surface area contributed by atoms with Gasteiger partial charge in [0.05, 0.1) is 18.7 Å². The van der Waals surface area contributed by atoms with Crippen LogP contribution in [0.4, 0.5) is 0 Å². The normalized spacial score (nSPS) is 25.3. The predicted molar refractivity (Wildman–Crippen MR) is 127 cm³/mol. The first-order chi connectivity index (χ1) is 16.3. The van der Waals surface area contributed by atoms with Crippen LogP contribution in [0, 0.1) is 0 Å². The van der Waals surface area contributed by atoms with Crippen LogP contribution in [-0.2, 0) is 21.3 Å². The summed E-state index contributed by atoms with van der Waals surface area (Å²) >= 11 is 0. The maximum atomic E-state index is 13.0. The number of carbonyl (C=O) groups excluding carboxylic acids is 2. The second-order valence-corrected chi connectivity index (χ2v) is 9.38. The number of para-hydroxylation sites is 1. The van der Waals surface area contributed by atoms with Crippen LogP contribution < -0.4 is 10.6 Å². The first kappa shape index (κ1) is 22.6. The van der Waals surface area contributed by atoms with Crippen molar-refractivity contribution < 1.29 is 23.8 Å². The molecule has 1 aromatic heterocycles. The van der Waals surface area contributed by atoms with E-state index in [1.54, 1.807) is 12.1 Å². The Morgan fingerprint density at radius 1 is 1.03 bits per heavy atom. The van der Waals surface area contributed by atoms with Crippen LogP contribution in [-0.4, -0.2) is 59.7 Å². The highest BCUT2D eigenvalue weighted by molar-refractivity contribution is 6.07. The quantitative estimate of drug-likeness (QED) is 0.587. The van der Waals surface area contributed by atoms with E-state index in [4.69, 9.17) is 14.2 Å². The number of aryl methyl sites for hydroxylation is 1. The van der Waals surface area contributed by atoms with Gasteiger partial charge < -0.3 is 29.4 Å². The zero-order valence-electron chi connectivity index (χ0n) is 19.5. The van der Waals surface area contributed by atoms with Gasteiger partial charge in [-0.2, -0.15) is 0 Å². The molecule has 5 rings (SSSR count). The minimum atomic E-state index is -0.831. The number of hydrogen-bond donors (Lipinski definition) is 2. The van der Waals surface area contributed by atoms with Crippen molar-refractivity contribution in [3.05, 3.63) is 71.9 Å². The molecule has 8 heteroatoms. The first-order valence-electron chi connectivity index (χ1n) is 11.4. The lowest BCUT2D eigenvalue weighted by molar-refractivity contribution is -0.188. The minimum absolute atomic E-state index is 0.173. The third kappa shape index (κ3) is 4.09. The molecule has 0 spiro atoms. The molecule has 34 heavy (non-hydrogen) atoms. The Bertz CT molecular complexity index is 1220. The molecule has 2 aliphatic rings. The van der Waals surface area contributed by atoms with E-state index >= 15 is 0 Å². The maximum Gasteiger partial charge on any atom is 0.253 e. The van der Waals surface area contributed by atoms with Gasteiger partial charge in [-0.15, -0.1) is 0 Å². The predicted octanol–water partition coefficient (Wildman–Crippen LogP) is 2.63. The number of hydrogen-bond acceptors (Lipinski definition) is 5. The average Bonchev–Trinajstić information content (AvgIpc) is 3.43. The Hall–Kier alpha value is -3.20. The standard InChI is InChI=1S/C26H29N3O5/c1-25(2)33-22-21(13-27-24(31)19-14-29(3)20-12-8-7-11-18(19)20)32-16-26(22,34-25)15-28-23(30)17-9-5-4-6-10-17/h4-12,14,21-22H,13,15-16H2,1-3H3,(H,27,31)(H,28,30)/t21?,22-,26+/m1/s1. The van der Waals surface area contributed by atoms with Crippen molar-refractivity contribution in [3.63, 3.8) is 0 Å². The van der Waals surface area contributed by atoms with E-state index in [9.17, 15) is 9.59 Å². The SMILES string of the molecule is Cn1cc(C(=O)NCC2OC[C@]3(CNC(=O)c4ccccc4)OC(C)(C)O[C@H]23)c2ccccc21. The molecule has 0 aliphatic carbocycles. The Balaban J connectivity index is 1.27. The molecule has 2 N–H and O–H groups in total. The van der Waals surface area contributed by atoms with Gasteiger partial charge >= 0.3 is 0 Å². The fraction of sp³-hybridized carbons (Fsp3) is 0.385. The van der Waals surface area contributed by atoms with Gasteiger partial charge in [-0.1, -0.05) is 36.4 Å². The van der Waals surface area contributed by atoms with Crippen LogP contribution in [0.25, 0.3) is 10.9 Å². The number of carbonyl (C=O) groups is 2. The van der Waals surface area contributed by atoms with Gasteiger partial charge in [0.15, 0.2) is 5.79 Å². The summed E-state index contributed by atoms with van der Waals surface area (Å²) in [4.78, 5) is 25.6. The van der Waals surface area contributed by atoms with Crippen LogP contribution >= 0.6 is 0 Å². The molecule has 2 fully saturated rings. The van der Waals surface area contributed by atoms with Gasteiger partial charge in [0, 0.05) is 36.3 Å². The third-order valence-corrected chi connectivity index (χ3v) is 6.45. The van der Waals surface area contributed by atoms with Crippen molar-refractivity contribution in [1.29, 1.82) is 0 Å². The molecule has 1 unspecified atom stereocenters. The Labute approximate surface area is 198 Å². The van der Waals surface area contributed by atoms with Crippen LogP contribution in [0.3, 0.4) is 0 Å². The fourth-order valence-corrected chi connectivity index (χ4v) is 4.93. The molecule has 2 saturated heterocycles. The fourth-order valence-electron chi connectivity index (χ4n) is 4.93. The summed E-state index contributed by atoms with van der Waals surface area (Å²) < 4.78 is 20.4. The van der Waals surface area contributed by atoms with E-state index in [-0.39, 0.29) is 31.5 Å². The van der Waals surface area contributed by atoms with E-state index in [1.807, 2.05) is 74.1 Å². The highest BCUT2D eigenvalue weighted by Gasteiger charge is 2.61. The Kier molecular flexibility index (Phi) is 5.67. The molecule has 8 nitrogen and oxygen atoms in total. The molecular formula is C26H29N3O5. The molecule has 3 heterocycles. The van der Waals surface area contributed by atoms with Gasteiger partial charge in [-0.3, -0.25) is 9.59 Å². The van der Waals surface area contributed by atoms with Crippen LogP contribution in [0.15, 0.2) is 60.8 Å². The molecule has 0 saturated carbocycles. The van der Waals surface area contributed by atoms with Crippen molar-refractivity contribution in [1.82, 2.24) is 15.2 Å². The maximum absolute atomic E-state index is 13.0. The summed E-state index contributed by atoms with van der Waals surface area (Å²) in [6.45, 7) is 4.45. The summed E-state index contributed by atoms with van der Waals surface area (Å²) in [6.07, 6.45) is 0.984. The highest BCUT2D eigenvalue weighted by Crippen LogP contribution is 2.43. The molecule has 0 radical (unpaired) electrons. The minimum Gasteiger partial charge on any atom is -0.370 e. The van der Waals surface area contributed by atoms with Crippen molar-refractivity contribution in [2.24, 2.45) is 7.05 Å². The van der Waals surface area contributed by atoms with Crippen molar-refractivity contribution in [2.45, 2.75) is 37.4 Å². The molecule has 178 valence electrons. The lowest BCUT2D eigenvalue weighted by Gasteiger charge is -2.27. The van der Waals surface area contributed by atoms with Gasteiger partial charge in [-0.25, -0.2) is 0 Å². The topological polar surface area (TPSA) is 90.8 Å². The van der Waals surface area contributed by atoms with Crippen molar-refractivity contribution in [2.75, 3.05) is 19.7 Å². The summed E-state index contributed by atoms with van der Waals surface area (Å²) in [5, 5.41) is 6.85. The summed E-state index contributed by atoms with van der Waals surface area (Å²) in [7, 11) is 1.92. The number of nitrogens with zero attached hydrogens (tertiary/aromatic N) is 1. The second kappa shape index (κ2) is 8.54. The van der Waals surface area contributed by atoms with Crippen LogP contribution in [0.2, 0.25) is 0 Å². The number of nitrogens with one attached hydrogen (secondary N) is 2. The average molecular weight is 464 g/mol. The molecule has 3 atom stereocenters. The number of fused-ring (bicyclic) bond motifs is 2. The molecule has 3 aromatic rings. The summed E-state index contributed by atoms with van der Waals surface area (Å²) in [5.41, 5.74) is 1.35. The largest absolute Gasteiger partial charge is 0.370 e. The highest BCUT2D eigenvalue weighted by atomic mass is 16.8. The first-order valence-corrected chi connectivity index (χ1v) is 11.4. The Morgan fingerprint density at radius 2 is 1.76 bits per heavy atom. The molecule has 2 amide bonds. The number of amides is 2. The summed E-state index contributed by atoms with van der Waals surface area (Å²) in [6, 6.07) is 16.8. The third-order valence-electron chi connectivity index (χ3n) is 6.45. The van der Waals surface area contributed by atoms with Gasteiger partial charge in [0.1, 0.15) is 17.8 Å². The van der Waals surface area contributed by atoms with Crippen molar-refractivity contribution in [3.8, 4) is 0 Å². The number of rotatable bonds is 6. The lowest BCUT2D eigenvalue weighted by atomic mass is 9.96. The van der Waals surface area contributed by atoms with E-state index < -0.39 is 23.6 Å². The molecule has 2 aliphatic heterocycles. The number of benzene rings is 2. The molecular weight excluding hydrogens is 434 g/mol. The van der Waals surface area contributed by atoms with E-state index in [0.717, 1.165) is 10.9 Å². The molecule has 2 aromatic carbocycles.